The number of terminal acetylenes is 1. The molecule has 0 saturated carbocycles. The number of nitrogens with zero attached hydrogens (tertiary/aromatic N) is 1. The Kier molecular flexibility index (Phi) is 4.01. The summed E-state index contributed by atoms with van der Waals surface area (Å²) in [4.78, 5) is 14.1. The number of amides is 1. The monoisotopic (exact) mass is 242 g/mol. The van der Waals surface area contributed by atoms with Crippen molar-refractivity contribution in [1.29, 1.82) is 0 Å². The molecule has 1 aliphatic heterocycles. The third-order valence-electron chi connectivity index (χ3n) is 3.16. The number of carbonyl (C=O) groups is 1. The van der Waals surface area contributed by atoms with Gasteiger partial charge in [-0.2, -0.15) is 0 Å². The lowest BCUT2D eigenvalue weighted by atomic mass is 10.1. The fourth-order valence-corrected chi connectivity index (χ4v) is 2.19. The quantitative estimate of drug-likeness (QED) is 0.804. The molecule has 0 spiro atoms. The number of rotatable bonds is 2. The van der Waals surface area contributed by atoms with Gasteiger partial charge in [0.25, 0.3) is 0 Å². The minimum atomic E-state index is 0.107. The van der Waals surface area contributed by atoms with E-state index in [4.69, 9.17) is 6.42 Å². The SMILES string of the molecule is C#CCCC(=O)N1CC(C)NCc2ccccc21. The first-order valence-electron chi connectivity index (χ1n) is 6.27. The predicted molar refractivity (Wildman–Crippen MR) is 73.2 cm³/mol. The molecule has 94 valence electrons. The van der Waals surface area contributed by atoms with Crippen molar-refractivity contribution in [3.05, 3.63) is 29.8 Å². The van der Waals surface area contributed by atoms with Crippen molar-refractivity contribution in [2.75, 3.05) is 11.4 Å². The van der Waals surface area contributed by atoms with E-state index in [1.807, 2.05) is 23.1 Å². The predicted octanol–water partition coefficient (Wildman–Crippen LogP) is 1.92. The Morgan fingerprint density at radius 3 is 3.11 bits per heavy atom. The van der Waals surface area contributed by atoms with Gasteiger partial charge in [0.05, 0.1) is 0 Å². The van der Waals surface area contributed by atoms with Crippen molar-refractivity contribution >= 4 is 11.6 Å². The number of nitrogens with one attached hydrogen (secondary N) is 1. The number of hydrogen-bond acceptors (Lipinski definition) is 2. The number of carbonyl (C=O) groups excluding carboxylic acids is 1. The van der Waals surface area contributed by atoms with Gasteiger partial charge < -0.3 is 10.2 Å². The van der Waals surface area contributed by atoms with Gasteiger partial charge in [0, 0.05) is 37.7 Å². The van der Waals surface area contributed by atoms with E-state index < -0.39 is 0 Å². The number of benzene rings is 1. The van der Waals surface area contributed by atoms with E-state index in [9.17, 15) is 4.79 Å². The second kappa shape index (κ2) is 5.70. The summed E-state index contributed by atoms with van der Waals surface area (Å²) in [5.41, 5.74) is 2.17. The molecule has 0 fully saturated rings. The summed E-state index contributed by atoms with van der Waals surface area (Å²) in [7, 11) is 0. The molecule has 0 aromatic heterocycles. The maximum atomic E-state index is 12.2. The molecule has 3 heteroatoms. The van der Waals surface area contributed by atoms with Crippen LogP contribution in [0, 0.1) is 12.3 Å². The Labute approximate surface area is 108 Å². The summed E-state index contributed by atoms with van der Waals surface area (Å²) < 4.78 is 0. The molecule has 3 nitrogen and oxygen atoms in total. The van der Waals surface area contributed by atoms with Crippen LogP contribution in [0.4, 0.5) is 5.69 Å². The molecule has 1 unspecified atom stereocenters. The van der Waals surface area contributed by atoms with Crippen LogP contribution in [0.2, 0.25) is 0 Å². The van der Waals surface area contributed by atoms with Crippen molar-refractivity contribution in [2.45, 2.75) is 32.4 Å². The molecule has 1 N–H and O–H groups in total. The van der Waals surface area contributed by atoms with Crippen LogP contribution < -0.4 is 10.2 Å². The number of anilines is 1. The standard InChI is InChI=1S/C15H18N2O/c1-3-4-9-15(18)17-11-12(2)16-10-13-7-5-6-8-14(13)17/h1,5-8,12,16H,4,9-11H2,2H3. The molecular weight excluding hydrogens is 224 g/mol. The summed E-state index contributed by atoms with van der Waals surface area (Å²) in [5.74, 6) is 2.63. The van der Waals surface area contributed by atoms with E-state index in [0.717, 1.165) is 17.8 Å². The van der Waals surface area contributed by atoms with Crippen LogP contribution in [0.5, 0.6) is 0 Å². The van der Waals surface area contributed by atoms with Crippen molar-refractivity contribution < 1.29 is 4.79 Å². The first-order chi connectivity index (χ1) is 8.72. The summed E-state index contributed by atoms with van der Waals surface area (Å²) >= 11 is 0. The second-order valence-electron chi connectivity index (χ2n) is 4.62. The highest BCUT2D eigenvalue weighted by atomic mass is 16.2. The van der Waals surface area contributed by atoms with E-state index >= 15 is 0 Å². The van der Waals surface area contributed by atoms with Crippen molar-refractivity contribution in [3.8, 4) is 12.3 Å². The normalized spacial score (nSPS) is 18.7. The van der Waals surface area contributed by atoms with Gasteiger partial charge in [-0.15, -0.1) is 12.3 Å². The van der Waals surface area contributed by atoms with Gasteiger partial charge in [-0.3, -0.25) is 4.79 Å². The molecular formula is C15H18N2O. The average Bonchev–Trinajstić information content (AvgIpc) is 2.56. The summed E-state index contributed by atoms with van der Waals surface area (Å²) in [6.07, 6.45) is 6.14. The van der Waals surface area contributed by atoms with E-state index in [-0.39, 0.29) is 11.9 Å². The zero-order chi connectivity index (χ0) is 13.0. The fraction of sp³-hybridized carbons (Fsp3) is 0.400. The molecule has 1 heterocycles. The lowest BCUT2D eigenvalue weighted by molar-refractivity contribution is -0.118. The first-order valence-corrected chi connectivity index (χ1v) is 6.27. The van der Waals surface area contributed by atoms with E-state index in [0.29, 0.717) is 19.4 Å². The Morgan fingerprint density at radius 1 is 1.56 bits per heavy atom. The van der Waals surface area contributed by atoms with Crippen LogP contribution in [0.3, 0.4) is 0 Å². The van der Waals surface area contributed by atoms with Crippen LogP contribution in [-0.2, 0) is 11.3 Å². The zero-order valence-electron chi connectivity index (χ0n) is 10.6. The molecule has 0 bridgehead atoms. The summed E-state index contributed by atoms with van der Waals surface area (Å²) in [6, 6.07) is 8.31. The largest absolute Gasteiger partial charge is 0.311 e. The minimum absolute atomic E-state index is 0.107. The molecule has 1 aromatic rings. The fourth-order valence-electron chi connectivity index (χ4n) is 2.19. The van der Waals surface area contributed by atoms with Crippen LogP contribution >= 0.6 is 0 Å². The number of fused-ring (bicyclic) bond motifs is 1. The number of para-hydroxylation sites is 1. The van der Waals surface area contributed by atoms with Crippen LogP contribution in [0.1, 0.15) is 25.3 Å². The van der Waals surface area contributed by atoms with E-state index in [1.165, 1.54) is 0 Å². The van der Waals surface area contributed by atoms with Crippen LogP contribution in [0.25, 0.3) is 0 Å². The van der Waals surface area contributed by atoms with Crippen molar-refractivity contribution in [2.24, 2.45) is 0 Å². The molecule has 0 radical (unpaired) electrons. The first kappa shape index (κ1) is 12.7. The van der Waals surface area contributed by atoms with Gasteiger partial charge in [0.2, 0.25) is 5.91 Å². The third kappa shape index (κ3) is 2.72. The smallest absolute Gasteiger partial charge is 0.228 e. The van der Waals surface area contributed by atoms with Gasteiger partial charge in [-0.05, 0) is 18.6 Å². The molecule has 18 heavy (non-hydrogen) atoms. The van der Waals surface area contributed by atoms with Gasteiger partial charge in [-0.25, -0.2) is 0 Å². The summed E-state index contributed by atoms with van der Waals surface area (Å²) in [6.45, 7) is 3.59. The summed E-state index contributed by atoms with van der Waals surface area (Å²) in [5, 5.41) is 3.41. The second-order valence-corrected chi connectivity index (χ2v) is 4.62. The van der Waals surface area contributed by atoms with Crippen LogP contribution in [-0.4, -0.2) is 18.5 Å². The topological polar surface area (TPSA) is 32.3 Å². The van der Waals surface area contributed by atoms with Crippen molar-refractivity contribution in [1.82, 2.24) is 5.32 Å². The van der Waals surface area contributed by atoms with Gasteiger partial charge >= 0.3 is 0 Å². The van der Waals surface area contributed by atoms with Crippen molar-refractivity contribution in [3.63, 3.8) is 0 Å². The Morgan fingerprint density at radius 2 is 2.33 bits per heavy atom. The molecule has 1 amide bonds. The van der Waals surface area contributed by atoms with Gasteiger partial charge in [0.1, 0.15) is 0 Å². The maximum absolute atomic E-state index is 12.2. The van der Waals surface area contributed by atoms with Crippen LogP contribution in [0.15, 0.2) is 24.3 Å². The Hall–Kier alpha value is -1.79. The zero-order valence-corrected chi connectivity index (χ0v) is 10.6. The lowest BCUT2D eigenvalue weighted by Crippen LogP contribution is -2.39. The van der Waals surface area contributed by atoms with Gasteiger partial charge in [-0.1, -0.05) is 18.2 Å². The Balaban J connectivity index is 2.27. The molecule has 1 aliphatic rings. The minimum Gasteiger partial charge on any atom is -0.311 e. The molecule has 0 aliphatic carbocycles. The number of hydrogen-bond donors (Lipinski definition) is 1. The Bertz CT molecular complexity index is 476. The molecule has 1 atom stereocenters. The molecule has 2 rings (SSSR count). The highest BCUT2D eigenvalue weighted by molar-refractivity contribution is 5.94. The lowest BCUT2D eigenvalue weighted by Gasteiger charge is -2.24. The van der Waals surface area contributed by atoms with E-state index in [2.05, 4.69) is 24.2 Å². The third-order valence-corrected chi connectivity index (χ3v) is 3.16. The molecule has 0 saturated heterocycles. The van der Waals surface area contributed by atoms with E-state index in [1.54, 1.807) is 0 Å². The highest BCUT2D eigenvalue weighted by Crippen LogP contribution is 2.24. The highest BCUT2D eigenvalue weighted by Gasteiger charge is 2.23. The maximum Gasteiger partial charge on any atom is 0.228 e. The average molecular weight is 242 g/mol. The van der Waals surface area contributed by atoms with Gasteiger partial charge in [0.15, 0.2) is 0 Å². The molecule has 1 aromatic carbocycles.